The molecule has 1 heterocycles. The van der Waals surface area contributed by atoms with Crippen LogP contribution in [0.1, 0.15) is 38.8 Å². The van der Waals surface area contributed by atoms with Crippen LogP contribution >= 0.6 is 23.1 Å². The summed E-state index contributed by atoms with van der Waals surface area (Å²) in [4.78, 5) is 24.4. The van der Waals surface area contributed by atoms with Gasteiger partial charge in [-0.15, -0.1) is 22.0 Å². The standard InChI is InChI=1S/C22H24N4O2S2/c1-15-8-10-18(11-9-15)24-21(28)22-26-25-20(30-22)14-29-13-19(27)23-12-16(2)17-6-4-3-5-7-17/h3-11,16H,12-14H2,1-2H3,(H,23,27)(H,24,28)/t16-/m1/s1. The van der Waals surface area contributed by atoms with Gasteiger partial charge < -0.3 is 10.6 Å². The fraction of sp³-hybridized carbons (Fsp3) is 0.273. The van der Waals surface area contributed by atoms with Crippen LogP contribution in [0.5, 0.6) is 0 Å². The maximum atomic E-state index is 12.3. The van der Waals surface area contributed by atoms with E-state index in [2.05, 4.69) is 39.9 Å². The molecule has 6 nitrogen and oxygen atoms in total. The van der Waals surface area contributed by atoms with Crippen LogP contribution in [0.2, 0.25) is 0 Å². The summed E-state index contributed by atoms with van der Waals surface area (Å²) in [6.45, 7) is 4.68. The van der Waals surface area contributed by atoms with Gasteiger partial charge in [0.15, 0.2) is 0 Å². The number of aryl methyl sites for hydroxylation is 1. The van der Waals surface area contributed by atoms with Crippen molar-refractivity contribution < 1.29 is 9.59 Å². The predicted octanol–water partition coefficient (Wildman–Crippen LogP) is 4.25. The lowest BCUT2D eigenvalue weighted by Crippen LogP contribution is -2.29. The minimum atomic E-state index is -0.278. The molecule has 0 saturated heterocycles. The van der Waals surface area contributed by atoms with E-state index in [1.807, 2.05) is 49.4 Å². The summed E-state index contributed by atoms with van der Waals surface area (Å²) in [5.41, 5.74) is 3.05. The van der Waals surface area contributed by atoms with E-state index >= 15 is 0 Å². The second kappa shape index (κ2) is 10.9. The van der Waals surface area contributed by atoms with Gasteiger partial charge in [-0.05, 0) is 30.5 Å². The van der Waals surface area contributed by atoms with Crippen LogP contribution in [0.4, 0.5) is 5.69 Å². The van der Waals surface area contributed by atoms with E-state index in [0.29, 0.717) is 23.1 Å². The minimum Gasteiger partial charge on any atom is -0.355 e. The highest BCUT2D eigenvalue weighted by molar-refractivity contribution is 7.99. The number of aromatic nitrogens is 2. The fourth-order valence-corrected chi connectivity index (χ4v) is 4.31. The Morgan fingerprint density at radius 2 is 1.80 bits per heavy atom. The van der Waals surface area contributed by atoms with Crippen molar-refractivity contribution in [2.45, 2.75) is 25.5 Å². The van der Waals surface area contributed by atoms with Crippen LogP contribution in [0.15, 0.2) is 54.6 Å². The smallest absolute Gasteiger partial charge is 0.286 e. The SMILES string of the molecule is Cc1ccc(NC(=O)c2nnc(CSCC(=O)NC[C@@H](C)c3ccccc3)s2)cc1. The summed E-state index contributed by atoms with van der Waals surface area (Å²) in [6.07, 6.45) is 0. The Bertz CT molecular complexity index is 974. The molecule has 1 atom stereocenters. The van der Waals surface area contributed by atoms with Gasteiger partial charge in [-0.25, -0.2) is 0 Å². The molecule has 0 spiro atoms. The van der Waals surface area contributed by atoms with E-state index in [9.17, 15) is 9.59 Å². The molecule has 0 fully saturated rings. The number of anilines is 1. The number of benzene rings is 2. The van der Waals surface area contributed by atoms with E-state index < -0.39 is 0 Å². The van der Waals surface area contributed by atoms with Crippen molar-refractivity contribution >= 4 is 40.6 Å². The molecule has 8 heteroatoms. The molecule has 0 saturated carbocycles. The molecule has 2 amide bonds. The lowest BCUT2D eigenvalue weighted by atomic mass is 10.0. The molecular weight excluding hydrogens is 416 g/mol. The summed E-state index contributed by atoms with van der Waals surface area (Å²) in [5.74, 6) is 0.853. The highest BCUT2D eigenvalue weighted by Crippen LogP contribution is 2.18. The molecule has 0 aliphatic carbocycles. The largest absolute Gasteiger partial charge is 0.355 e. The topological polar surface area (TPSA) is 84.0 Å². The molecule has 2 N–H and O–H groups in total. The first kappa shape index (κ1) is 22.0. The third-order valence-electron chi connectivity index (χ3n) is 4.40. The number of rotatable bonds is 9. The Balaban J connectivity index is 1.39. The fourth-order valence-electron chi connectivity index (χ4n) is 2.67. The number of carbonyl (C=O) groups is 2. The molecule has 1 aromatic heterocycles. The van der Waals surface area contributed by atoms with Crippen molar-refractivity contribution in [1.82, 2.24) is 15.5 Å². The zero-order chi connectivity index (χ0) is 21.3. The number of hydrogen-bond donors (Lipinski definition) is 2. The monoisotopic (exact) mass is 440 g/mol. The molecular formula is C22H24N4O2S2. The number of thioether (sulfide) groups is 1. The molecule has 0 aliphatic heterocycles. The molecule has 30 heavy (non-hydrogen) atoms. The van der Waals surface area contributed by atoms with Crippen LogP contribution in [0.3, 0.4) is 0 Å². The zero-order valence-electron chi connectivity index (χ0n) is 16.9. The first-order valence-electron chi connectivity index (χ1n) is 9.61. The average Bonchev–Trinajstić information content (AvgIpc) is 3.23. The maximum Gasteiger partial charge on any atom is 0.286 e. The highest BCUT2D eigenvalue weighted by Gasteiger charge is 2.14. The molecule has 0 bridgehead atoms. The van der Waals surface area contributed by atoms with E-state index in [1.165, 1.54) is 28.7 Å². The Morgan fingerprint density at radius 1 is 1.07 bits per heavy atom. The molecule has 0 unspecified atom stereocenters. The summed E-state index contributed by atoms with van der Waals surface area (Å²) in [7, 11) is 0. The van der Waals surface area contributed by atoms with E-state index in [-0.39, 0.29) is 17.7 Å². The molecule has 0 radical (unpaired) electrons. The van der Waals surface area contributed by atoms with E-state index in [1.54, 1.807) is 0 Å². The first-order chi connectivity index (χ1) is 14.5. The summed E-state index contributed by atoms with van der Waals surface area (Å²) >= 11 is 2.70. The predicted molar refractivity (Wildman–Crippen MR) is 123 cm³/mol. The van der Waals surface area contributed by atoms with Crippen molar-refractivity contribution in [2.24, 2.45) is 0 Å². The van der Waals surface area contributed by atoms with Gasteiger partial charge in [0.05, 0.1) is 5.75 Å². The second-order valence-corrected chi connectivity index (χ2v) is 8.98. The number of hydrogen-bond acceptors (Lipinski definition) is 6. The maximum absolute atomic E-state index is 12.3. The van der Waals surface area contributed by atoms with Crippen LogP contribution in [0.25, 0.3) is 0 Å². The minimum absolute atomic E-state index is 0.00960. The van der Waals surface area contributed by atoms with E-state index in [4.69, 9.17) is 0 Å². The molecule has 3 rings (SSSR count). The Morgan fingerprint density at radius 3 is 2.53 bits per heavy atom. The van der Waals surface area contributed by atoms with Gasteiger partial charge >= 0.3 is 0 Å². The van der Waals surface area contributed by atoms with Gasteiger partial charge in [-0.2, -0.15) is 0 Å². The highest BCUT2D eigenvalue weighted by atomic mass is 32.2. The number of amides is 2. The molecule has 156 valence electrons. The lowest BCUT2D eigenvalue weighted by Gasteiger charge is -2.12. The van der Waals surface area contributed by atoms with Crippen molar-refractivity contribution in [3.8, 4) is 0 Å². The Labute approximate surface area is 184 Å². The lowest BCUT2D eigenvalue weighted by molar-refractivity contribution is -0.118. The number of carbonyl (C=O) groups excluding carboxylic acids is 2. The Kier molecular flexibility index (Phi) is 7.98. The summed E-state index contributed by atoms with van der Waals surface area (Å²) < 4.78 is 0. The van der Waals surface area contributed by atoms with Gasteiger partial charge in [0, 0.05) is 18.0 Å². The Hall–Kier alpha value is -2.71. The van der Waals surface area contributed by atoms with Gasteiger partial charge in [0.25, 0.3) is 5.91 Å². The normalized spacial score (nSPS) is 11.7. The second-order valence-electron chi connectivity index (χ2n) is 6.93. The third kappa shape index (κ3) is 6.67. The van der Waals surface area contributed by atoms with Crippen molar-refractivity contribution in [3.05, 3.63) is 75.7 Å². The van der Waals surface area contributed by atoms with Gasteiger partial charge in [0.1, 0.15) is 5.01 Å². The van der Waals surface area contributed by atoms with Crippen LogP contribution in [-0.4, -0.2) is 34.3 Å². The third-order valence-corrected chi connectivity index (χ3v) is 6.45. The van der Waals surface area contributed by atoms with Crippen LogP contribution in [0, 0.1) is 6.92 Å². The summed E-state index contributed by atoms with van der Waals surface area (Å²) in [5, 5.41) is 14.8. The average molecular weight is 441 g/mol. The van der Waals surface area contributed by atoms with Gasteiger partial charge in [-0.3, -0.25) is 9.59 Å². The molecule has 2 aromatic carbocycles. The van der Waals surface area contributed by atoms with Gasteiger partial charge in [0.2, 0.25) is 10.9 Å². The van der Waals surface area contributed by atoms with Crippen molar-refractivity contribution in [3.63, 3.8) is 0 Å². The molecule has 3 aromatic rings. The zero-order valence-corrected chi connectivity index (χ0v) is 18.6. The number of nitrogens with zero attached hydrogens (tertiary/aromatic N) is 2. The number of nitrogens with one attached hydrogen (secondary N) is 2. The first-order valence-corrected chi connectivity index (χ1v) is 11.6. The van der Waals surface area contributed by atoms with Crippen LogP contribution in [-0.2, 0) is 10.5 Å². The quantitative estimate of drug-likeness (QED) is 0.520. The van der Waals surface area contributed by atoms with Crippen LogP contribution < -0.4 is 10.6 Å². The summed E-state index contributed by atoms with van der Waals surface area (Å²) in [6, 6.07) is 17.7. The van der Waals surface area contributed by atoms with E-state index in [0.717, 1.165) is 16.3 Å². The molecule has 0 aliphatic rings. The van der Waals surface area contributed by atoms with Gasteiger partial charge in [-0.1, -0.05) is 66.3 Å². The van der Waals surface area contributed by atoms with Crippen molar-refractivity contribution in [1.29, 1.82) is 0 Å². The van der Waals surface area contributed by atoms with Crippen molar-refractivity contribution in [2.75, 3.05) is 17.6 Å².